The van der Waals surface area contributed by atoms with Gasteiger partial charge in [0.25, 0.3) is 0 Å². The van der Waals surface area contributed by atoms with Crippen LogP contribution < -0.4 is 0 Å². The second-order valence-corrected chi connectivity index (χ2v) is 8.14. The van der Waals surface area contributed by atoms with Crippen LogP contribution in [-0.2, 0) is 14.3 Å². The summed E-state index contributed by atoms with van der Waals surface area (Å²) in [6, 6.07) is 4.87. The summed E-state index contributed by atoms with van der Waals surface area (Å²) in [7, 11) is 1.31. The fourth-order valence-corrected chi connectivity index (χ4v) is 3.28. The average Bonchev–Trinajstić information content (AvgIpc) is 2.92. The second-order valence-electron chi connectivity index (χ2n) is 6.82. The van der Waals surface area contributed by atoms with Crippen LogP contribution in [0.15, 0.2) is 28.2 Å². The van der Waals surface area contributed by atoms with E-state index in [9.17, 15) is 9.59 Å². The molecule has 1 aromatic rings. The number of carbonyl (C=O) groups excluding carboxylic acids is 2. The quantitative estimate of drug-likeness (QED) is 0.640. The molecule has 0 aliphatic carbocycles. The van der Waals surface area contributed by atoms with Gasteiger partial charge >= 0.3 is 12.1 Å². The summed E-state index contributed by atoms with van der Waals surface area (Å²) in [6.07, 6.45) is 1.75. The summed E-state index contributed by atoms with van der Waals surface area (Å²) in [5.41, 5.74) is 1.10. The maximum Gasteiger partial charge on any atom is 0.411 e. The van der Waals surface area contributed by atoms with Crippen LogP contribution >= 0.6 is 27.5 Å². The molecular weight excluding hydrogens is 410 g/mol. The van der Waals surface area contributed by atoms with E-state index in [1.54, 1.807) is 26.8 Å². The molecule has 0 spiro atoms. The van der Waals surface area contributed by atoms with Crippen molar-refractivity contribution in [1.29, 1.82) is 0 Å². The van der Waals surface area contributed by atoms with Gasteiger partial charge in [-0.05, 0) is 44.0 Å². The SMILES string of the molecule is COC(=O)[C@@H]1CC(=Cc2ccc(Br)cc2Cl)CN1C(=O)OC(C)(C)C. The Morgan fingerprint density at radius 1 is 1.36 bits per heavy atom. The van der Waals surface area contributed by atoms with Crippen molar-refractivity contribution in [2.24, 2.45) is 0 Å². The van der Waals surface area contributed by atoms with Crippen molar-refractivity contribution < 1.29 is 19.1 Å². The zero-order valence-corrected chi connectivity index (χ0v) is 17.0. The Balaban J connectivity index is 2.27. The summed E-state index contributed by atoms with van der Waals surface area (Å²) < 4.78 is 11.1. The largest absolute Gasteiger partial charge is 0.467 e. The number of esters is 1. The molecule has 0 saturated carbocycles. The van der Waals surface area contributed by atoms with Gasteiger partial charge in [-0.25, -0.2) is 9.59 Å². The van der Waals surface area contributed by atoms with Crippen molar-refractivity contribution in [2.45, 2.75) is 38.8 Å². The normalized spacial score (nSPS) is 19.2. The Bertz CT molecular complexity index is 712. The maximum absolute atomic E-state index is 12.4. The standard InChI is InChI=1S/C18H21BrClNO4/c1-18(2,3)25-17(23)21-10-11(8-15(21)16(22)24-4)7-12-5-6-13(19)9-14(12)20/h5-7,9,15H,8,10H2,1-4H3/t15-/m0/s1. The minimum atomic E-state index is -0.694. The van der Waals surface area contributed by atoms with Crippen molar-refractivity contribution in [3.05, 3.63) is 38.8 Å². The number of nitrogens with zero attached hydrogens (tertiary/aromatic N) is 1. The minimum absolute atomic E-state index is 0.293. The third-order valence-corrected chi connectivity index (χ3v) is 4.45. The molecule has 0 radical (unpaired) electrons. The highest BCUT2D eigenvalue weighted by Gasteiger charge is 2.39. The lowest BCUT2D eigenvalue weighted by Crippen LogP contribution is -2.43. The summed E-state index contributed by atoms with van der Waals surface area (Å²) in [4.78, 5) is 25.9. The molecule has 0 unspecified atom stereocenters. The molecule has 1 fully saturated rings. The Morgan fingerprint density at radius 3 is 2.60 bits per heavy atom. The van der Waals surface area contributed by atoms with Crippen molar-refractivity contribution >= 4 is 45.7 Å². The highest BCUT2D eigenvalue weighted by atomic mass is 79.9. The number of halogens is 2. The number of ether oxygens (including phenoxy) is 2. The van der Waals surface area contributed by atoms with Gasteiger partial charge in [0, 0.05) is 22.5 Å². The predicted octanol–water partition coefficient (Wildman–Crippen LogP) is 4.67. The molecule has 5 nitrogen and oxygen atoms in total. The number of hydrogen-bond acceptors (Lipinski definition) is 4. The summed E-state index contributed by atoms with van der Waals surface area (Å²) in [5.74, 6) is -0.462. The van der Waals surface area contributed by atoms with Gasteiger partial charge in [0.2, 0.25) is 0 Å². The molecule has 2 rings (SSSR count). The predicted molar refractivity (Wildman–Crippen MR) is 100 cm³/mol. The third-order valence-electron chi connectivity index (χ3n) is 3.63. The van der Waals surface area contributed by atoms with Crippen LogP contribution in [-0.4, -0.2) is 42.3 Å². The maximum atomic E-state index is 12.4. The van der Waals surface area contributed by atoms with E-state index in [2.05, 4.69) is 15.9 Å². The van der Waals surface area contributed by atoms with E-state index in [1.807, 2.05) is 18.2 Å². The number of rotatable bonds is 2. The first-order chi connectivity index (χ1) is 11.6. The van der Waals surface area contributed by atoms with E-state index >= 15 is 0 Å². The Kier molecular flexibility index (Phi) is 6.16. The molecule has 1 aliphatic heterocycles. The Labute approximate surface area is 161 Å². The van der Waals surface area contributed by atoms with Crippen LogP contribution in [0.3, 0.4) is 0 Å². The number of amides is 1. The van der Waals surface area contributed by atoms with Gasteiger partial charge < -0.3 is 9.47 Å². The van der Waals surface area contributed by atoms with Gasteiger partial charge in [-0.1, -0.05) is 39.7 Å². The highest BCUT2D eigenvalue weighted by molar-refractivity contribution is 9.10. The molecule has 136 valence electrons. The zero-order valence-electron chi connectivity index (χ0n) is 14.6. The minimum Gasteiger partial charge on any atom is -0.467 e. The van der Waals surface area contributed by atoms with Crippen LogP contribution in [0.5, 0.6) is 0 Å². The molecule has 1 amide bonds. The fraction of sp³-hybridized carbons (Fsp3) is 0.444. The first-order valence-electron chi connectivity index (χ1n) is 7.82. The van der Waals surface area contributed by atoms with Gasteiger partial charge in [0.1, 0.15) is 11.6 Å². The third kappa shape index (κ3) is 5.22. The Morgan fingerprint density at radius 2 is 2.04 bits per heavy atom. The summed E-state index contributed by atoms with van der Waals surface area (Å²) in [6.45, 7) is 5.65. The lowest BCUT2D eigenvalue weighted by Gasteiger charge is -2.27. The van der Waals surface area contributed by atoms with Crippen LogP contribution in [0.4, 0.5) is 4.79 Å². The number of hydrogen-bond donors (Lipinski definition) is 0. The molecular formula is C18H21BrClNO4. The summed E-state index contributed by atoms with van der Waals surface area (Å²) in [5, 5.41) is 0.590. The second kappa shape index (κ2) is 7.79. The van der Waals surface area contributed by atoms with Crippen molar-refractivity contribution in [3.8, 4) is 0 Å². The lowest BCUT2D eigenvalue weighted by atomic mass is 10.1. The molecule has 1 atom stereocenters. The molecule has 0 aromatic heterocycles. The summed E-state index contributed by atoms with van der Waals surface area (Å²) >= 11 is 9.62. The number of methoxy groups -OCH3 is 1. The van der Waals surface area contributed by atoms with E-state index in [0.29, 0.717) is 18.0 Å². The molecule has 1 aromatic carbocycles. The topological polar surface area (TPSA) is 55.8 Å². The molecule has 7 heteroatoms. The monoisotopic (exact) mass is 429 g/mol. The van der Waals surface area contributed by atoms with E-state index < -0.39 is 23.7 Å². The Hall–Kier alpha value is -1.53. The first kappa shape index (κ1) is 19.8. The van der Waals surface area contributed by atoms with Gasteiger partial charge in [0.05, 0.1) is 7.11 Å². The number of likely N-dealkylation sites (tertiary alicyclic amines) is 1. The van der Waals surface area contributed by atoms with Crippen molar-refractivity contribution in [1.82, 2.24) is 4.90 Å². The molecule has 0 bridgehead atoms. The average molecular weight is 431 g/mol. The van der Waals surface area contributed by atoms with Gasteiger partial charge in [0.15, 0.2) is 0 Å². The van der Waals surface area contributed by atoms with Crippen molar-refractivity contribution in [2.75, 3.05) is 13.7 Å². The number of benzene rings is 1. The molecule has 0 N–H and O–H groups in total. The van der Waals surface area contributed by atoms with Crippen molar-refractivity contribution in [3.63, 3.8) is 0 Å². The van der Waals surface area contributed by atoms with E-state index in [0.717, 1.165) is 15.6 Å². The number of carbonyl (C=O) groups is 2. The lowest BCUT2D eigenvalue weighted by molar-refractivity contribution is -0.145. The van der Waals surface area contributed by atoms with Crippen LogP contribution in [0.25, 0.3) is 6.08 Å². The van der Waals surface area contributed by atoms with Gasteiger partial charge in [-0.15, -0.1) is 0 Å². The first-order valence-corrected chi connectivity index (χ1v) is 9.00. The van der Waals surface area contributed by atoms with Crippen LogP contribution in [0.2, 0.25) is 5.02 Å². The van der Waals surface area contributed by atoms with Crippen LogP contribution in [0.1, 0.15) is 32.8 Å². The van der Waals surface area contributed by atoms with E-state index in [4.69, 9.17) is 21.1 Å². The van der Waals surface area contributed by atoms with Gasteiger partial charge in [-0.3, -0.25) is 4.90 Å². The fourth-order valence-electron chi connectivity index (χ4n) is 2.55. The van der Waals surface area contributed by atoms with E-state index in [-0.39, 0.29) is 0 Å². The van der Waals surface area contributed by atoms with Gasteiger partial charge in [-0.2, -0.15) is 0 Å². The molecule has 1 heterocycles. The highest BCUT2D eigenvalue weighted by Crippen LogP contribution is 2.30. The smallest absolute Gasteiger partial charge is 0.411 e. The molecule has 25 heavy (non-hydrogen) atoms. The van der Waals surface area contributed by atoms with Crippen LogP contribution in [0, 0.1) is 0 Å². The zero-order chi connectivity index (χ0) is 18.8. The van der Waals surface area contributed by atoms with E-state index in [1.165, 1.54) is 12.0 Å². The molecule has 1 saturated heterocycles. The molecule has 1 aliphatic rings.